The molecule has 0 spiro atoms. The SMILES string of the molecule is CCCCOC(=O)c1ccc(NC(=O)C2NCCc3c(Br)cccc32)cc1. The molecule has 0 saturated heterocycles. The summed E-state index contributed by atoms with van der Waals surface area (Å²) in [5, 5.41) is 6.20. The van der Waals surface area contributed by atoms with Gasteiger partial charge in [-0.25, -0.2) is 4.79 Å². The molecule has 6 heteroatoms. The van der Waals surface area contributed by atoms with Crippen molar-refractivity contribution >= 4 is 33.5 Å². The number of benzene rings is 2. The highest BCUT2D eigenvalue weighted by molar-refractivity contribution is 9.10. The molecule has 0 saturated carbocycles. The van der Waals surface area contributed by atoms with Crippen LogP contribution in [0.4, 0.5) is 5.69 Å². The van der Waals surface area contributed by atoms with Gasteiger partial charge < -0.3 is 15.4 Å². The molecule has 1 aliphatic heterocycles. The van der Waals surface area contributed by atoms with Crippen LogP contribution in [-0.4, -0.2) is 25.0 Å². The molecule has 2 aromatic rings. The van der Waals surface area contributed by atoms with E-state index in [0.29, 0.717) is 17.9 Å². The normalized spacial score (nSPS) is 15.7. The first-order chi connectivity index (χ1) is 13.1. The summed E-state index contributed by atoms with van der Waals surface area (Å²) in [5.41, 5.74) is 3.29. The molecule has 1 unspecified atom stereocenters. The van der Waals surface area contributed by atoms with Crippen LogP contribution >= 0.6 is 15.9 Å². The number of carbonyl (C=O) groups excluding carboxylic acids is 2. The molecule has 1 heterocycles. The van der Waals surface area contributed by atoms with Crippen molar-refractivity contribution in [2.45, 2.75) is 32.2 Å². The maximum absolute atomic E-state index is 12.8. The van der Waals surface area contributed by atoms with Crippen LogP contribution in [-0.2, 0) is 16.0 Å². The highest BCUT2D eigenvalue weighted by Gasteiger charge is 2.27. The Labute approximate surface area is 167 Å². The molecule has 27 heavy (non-hydrogen) atoms. The monoisotopic (exact) mass is 430 g/mol. The number of halogens is 1. The Bertz CT molecular complexity index is 821. The van der Waals surface area contributed by atoms with Crippen LogP contribution in [0.5, 0.6) is 0 Å². The summed E-state index contributed by atoms with van der Waals surface area (Å²) in [7, 11) is 0. The smallest absolute Gasteiger partial charge is 0.338 e. The highest BCUT2D eigenvalue weighted by Crippen LogP contribution is 2.29. The van der Waals surface area contributed by atoms with Crippen molar-refractivity contribution in [1.82, 2.24) is 5.32 Å². The van der Waals surface area contributed by atoms with Crippen LogP contribution in [0.2, 0.25) is 0 Å². The van der Waals surface area contributed by atoms with E-state index in [1.807, 2.05) is 25.1 Å². The van der Waals surface area contributed by atoms with Crippen LogP contribution in [0, 0.1) is 0 Å². The number of fused-ring (bicyclic) bond motifs is 1. The molecule has 0 aliphatic carbocycles. The highest BCUT2D eigenvalue weighted by atomic mass is 79.9. The fraction of sp³-hybridized carbons (Fsp3) is 0.333. The Kier molecular flexibility index (Phi) is 6.63. The van der Waals surface area contributed by atoms with Gasteiger partial charge in [0, 0.05) is 16.7 Å². The predicted molar refractivity (Wildman–Crippen MR) is 109 cm³/mol. The van der Waals surface area contributed by atoms with Gasteiger partial charge in [-0.3, -0.25) is 4.79 Å². The first-order valence-corrected chi connectivity index (χ1v) is 9.98. The second-order valence-electron chi connectivity index (χ2n) is 6.50. The zero-order chi connectivity index (χ0) is 19.2. The van der Waals surface area contributed by atoms with E-state index in [1.165, 1.54) is 5.56 Å². The molecule has 1 aliphatic rings. The van der Waals surface area contributed by atoms with E-state index in [0.717, 1.165) is 35.8 Å². The van der Waals surface area contributed by atoms with E-state index in [2.05, 4.69) is 26.6 Å². The average molecular weight is 431 g/mol. The lowest BCUT2D eigenvalue weighted by Crippen LogP contribution is -2.38. The van der Waals surface area contributed by atoms with Crippen LogP contribution in [0.1, 0.15) is 47.3 Å². The van der Waals surface area contributed by atoms with E-state index in [9.17, 15) is 9.59 Å². The number of hydrogen-bond donors (Lipinski definition) is 2. The van der Waals surface area contributed by atoms with Gasteiger partial charge in [-0.05, 0) is 54.3 Å². The van der Waals surface area contributed by atoms with Crippen molar-refractivity contribution in [3.05, 3.63) is 63.6 Å². The summed E-state index contributed by atoms with van der Waals surface area (Å²) < 4.78 is 6.23. The van der Waals surface area contributed by atoms with E-state index in [4.69, 9.17) is 4.74 Å². The molecule has 0 radical (unpaired) electrons. The molecule has 0 fully saturated rings. The lowest BCUT2D eigenvalue weighted by atomic mass is 9.94. The third kappa shape index (κ3) is 4.76. The number of nitrogens with one attached hydrogen (secondary N) is 2. The fourth-order valence-electron chi connectivity index (χ4n) is 3.09. The van der Waals surface area contributed by atoms with Crippen LogP contribution < -0.4 is 10.6 Å². The van der Waals surface area contributed by atoms with Crippen LogP contribution in [0.3, 0.4) is 0 Å². The number of esters is 1. The summed E-state index contributed by atoms with van der Waals surface area (Å²) in [5.74, 6) is -0.457. The second kappa shape index (κ2) is 9.15. The second-order valence-corrected chi connectivity index (χ2v) is 7.36. The lowest BCUT2D eigenvalue weighted by molar-refractivity contribution is -0.118. The number of unbranched alkanes of at least 4 members (excludes halogenated alkanes) is 1. The first kappa shape index (κ1) is 19.6. The third-order valence-electron chi connectivity index (χ3n) is 4.57. The quantitative estimate of drug-likeness (QED) is 0.531. The van der Waals surface area contributed by atoms with Gasteiger partial charge in [0.1, 0.15) is 6.04 Å². The van der Waals surface area contributed by atoms with Gasteiger partial charge >= 0.3 is 5.97 Å². The zero-order valence-electron chi connectivity index (χ0n) is 15.3. The third-order valence-corrected chi connectivity index (χ3v) is 5.31. The fourth-order valence-corrected chi connectivity index (χ4v) is 3.67. The summed E-state index contributed by atoms with van der Waals surface area (Å²) in [6, 6.07) is 12.3. The van der Waals surface area contributed by atoms with Gasteiger partial charge in [0.2, 0.25) is 5.91 Å². The molecule has 2 aromatic carbocycles. The maximum Gasteiger partial charge on any atom is 0.338 e. The summed E-state index contributed by atoms with van der Waals surface area (Å²) in [4.78, 5) is 24.7. The van der Waals surface area contributed by atoms with E-state index in [1.54, 1.807) is 24.3 Å². The Morgan fingerprint density at radius 3 is 2.74 bits per heavy atom. The number of carbonyl (C=O) groups is 2. The topological polar surface area (TPSA) is 67.4 Å². The van der Waals surface area contributed by atoms with E-state index >= 15 is 0 Å². The minimum Gasteiger partial charge on any atom is -0.462 e. The number of anilines is 1. The number of amides is 1. The zero-order valence-corrected chi connectivity index (χ0v) is 16.8. The molecule has 0 bridgehead atoms. The Morgan fingerprint density at radius 1 is 1.22 bits per heavy atom. The Hall–Kier alpha value is -2.18. The molecule has 2 N–H and O–H groups in total. The van der Waals surface area contributed by atoms with E-state index < -0.39 is 6.04 Å². The average Bonchev–Trinajstić information content (AvgIpc) is 2.68. The molecule has 3 rings (SSSR count). The van der Waals surface area contributed by atoms with E-state index in [-0.39, 0.29) is 11.9 Å². The maximum atomic E-state index is 12.8. The van der Waals surface area contributed by atoms with Gasteiger partial charge in [0.15, 0.2) is 0 Å². The van der Waals surface area contributed by atoms with Gasteiger partial charge in [-0.15, -0.1) is 0 Å². The molecule has 1 atom stereocenters. The molecule has 5 nitrogen and oxygen atoms in total. The van der Waals surface area contributed by atoms with Gasteiger partial charge in [0.25, 0.3) is 0 Å². The first-order valence-electron chi connectivity index (χ1n) is 9.19. The van der Waals surface area contributed by atoms with Crippen molar-refractivity contribution in [2.75, 3.05) is 18.5 Å². The van der Waals surface area contributed by atoms with Crippen molar-refractivity contribution < 1.29 is 14.3 Å². The van der Waals surface area contributed by atoms with Gasteiger partial charge in [-0.1, -0.05) is 41.4 Å². The summed E-state index contributed by atoms with van der Waals surface area (Å²) in [6.45, 7) is 3.22. The standard InChI is InChI=1S/C21H23BrN2O3/c1-2-3-13-27-21(26)14-7-9-15(10-8-14)24-20(25)19-17-5-4-6-18(22)16(17)11-12-23-19/h4-10,19,23H,2-3,11-13H2,1H3,(H,24,25). The van der Waals surface area contributed by atoms with Crippen LogP contribution in [0.15, 0.2) is 46.9 Å². The minimum absolute atomic E-state index is 0.118. The molecule has 1 amide bonds. The number of ether oxygens (including phenoxy) is 1. The molecular weight excluding hydrogens is 408 g/mol. The van der Waals surface area contributed by atoms with Crippen LogP contribution in [0.25, 0.3) is 0 Å². The minimum atomic E-state index is -0.398. The van der Waals surface area contributed by atoms with Crippen molar-refractivity contribution in [2.24, 2.45) is 0 Å². The summed E-state index contributed by atoms with van der Waals surface area (Å²) in [6.07, 6.45) is 2.72. The molecule has 0 aromatic heterocycles. The van der Waals surface area contributed by atoms with Crippen molar-refractivity contribution in [3.63, 3.8) is 0 Å². The number of hydrogen-bond acceptors (Lipinski definition) is 4. The predicted octanol–water partition coefficient (Wildman–Crippen LogP) is 4.23. The van der Waals surface area contributed by atoms with Crippen molar-refractivity contribution in [3.8, 4) is 0 Å². The lowest BCUT2D eigenvalue weighted by Gasteiger charge is -2.27. The van der Waals surface area contributed by atoms with Gasteiger partial charge in [0.05, 0.1) is 12.2 Å². The molecule has 142 valence electrons. The number of rotatable bonds is 6. The summed E-state index contributed by atoms with van der Waals surface area (Å²) >= 11 is 3.57. The Balaban J connectivity index is 1.65. The largest absolute Gasteiger partial charge is 0.462 e. The van der Waals surface area contributed by atoms with Gasteiger partial charge in [-0.2, -0.15) is 0 Å². The Morgan fingerprint density at radius 2 is 2.00 bits per heavy atom. The molecular formula is C21H23BrN2O3. The van der Waals surface area contributed by atoms with Crippen molar-refractivity contribution in [1.29, 1.82) is 0 Å².